The zero-order valence-electron chi connectivity index (χ0n) is 12.4. The quantitative estimate of drug-likeness (QED) is 0.695. The van der Waals surface area contributed by atoms with E-state index in [0.29, 0.717) is 5.02 Å². The van der Waals surface area contributed by atoms with Crippen LogP contribution in [-0.2, 0) is 0 Å². The Morgan fingerprint density at radius 1 is 1.08 bits per heavy atom. The van der Waals surface area contributed by atoms with Gasteiger partial charge in [-0.05, 0) is 55.0 Å². The van der Waals surface area contributed by atoms with Crippen LogP contribution in [0.4, 0.5) is 5.69 Å². The van der Waals surface area contributed by atoms with E-state index in [-0.39, 0.29) is 26.9 Å². The lowest BCUT2D eigenvalue weighted by Crippen LogP contribution is -2.34. The van der Waals surface area contributed by atoms with Crippen LogP contribution >= 0.6 is 35.4 Å². The Hall–Kier alpha value is -2.15. The number of hydrogen-bond donors (Lipinski definition) is 3. The second-order valence-corrected chi connectivity index (χ2v) is 6.11. The van der Waals surface area contributed by atoms with Crippen molar-refractivity contribution in [3.8, 4) is 0 Å². The molecular weight excluding hydrogens is 371 g/mol. The van der Waals surface area contributed by atoms with Crippen molar-refractivity contribution < 1.29 is 14.7 Å². The van der Waals surface area contributed by atoms with Crippen LogP contribution in [0.25, 0.3) is 0 Å². The topological polar surface area (TPSA) is 78.4 Å². The van der Waals surface area contributed by atoms with Gasteiger partial charge in [0, 0.05) is 0 Å². The zero-order chi connectivity index (χ0) is 17.9. The largest absolute Gasteiger partial charge is 0.478 e. The third-order valence-electron chi connectivity index (χ3n) is 3.06. The molecule has 0 unspecified atom stereocenters. The molecular formula is C16H12Cl2N2O3S. The van der Waals surface area contributed by atoms with Gasteiger partial charge < -0.3 is 10.4 Å². The summed E-state index contributed by atoms with van der Waals surface area (Å²) in [4.78, 5) is 23.2. The maximum absolute atomic E-state index is 12.2. The lowest BCUT2D eigenvalue weighted by Gasteiger charge is -2.12. The van der Waals surface area contributed by atoms with Crippen molar-refractivity contribution in [3.05, 3.63) is 63.1 Å². The van der Waals surface area contributed by atoms with Gasteiger partial charge in [0.1, 0.15) is 0 Å². The number of anilines is 1. The maximum atomic E-state index is 12.2. The van der Waals surface area contributed by atoms with Crippen molar-refractivity contribution in [2.45, 2.75) is 6.92 Å². The van der Waals surface area contributed by atoms with Crippen molar-refractivity contribution in [1.29, 1.82) is 0 Å². The SMILES string of the molecule is Cc1ccc(C(=O)NC(=S)Nc2cc(C(=O)O)ccc2Cl)c(Cl)c1. The van der Waals surface area contributed by atoms with Crippen molar-refractivity contribution in [2.75, 3.05) is 5.32 Å². The van der Waals surface area contributed by atoms with E-state index >= 15 is 0 Å². The summed E-state index contributed by atoms with van der Waals surface area (Å²) in [5.41, 5.74) is 1.51. The molecule has 0 spiro atoms. The first-order valence-corrected chi connectivity index (χ1v) is 7.85. The maximum Gasteiger partial charge on any atom is 0.335 e. The lowest BCUT2D eigenvalue weighted by atomic mass is 10.1. The first-order valence-electron chi connectivity index (χ1n) is 6.69. The number of amides is 1. The molecule has 0 saturated heterocycles. The average Bonchev–Trinajstić information content (AvgIpc) is 2.48. The predicted octanol–water partition coefficient (Wildman–Crippen LogP) is 4.13. The van der Waals surface area contributed by atoms with Gasteiger partial charge in [0.15, 0.2) is 5.11 Å². The minimum Gasteiger partial charge on any atom is -0.478 e. The second kappa shape index (κ2) is 7.61. The number of carbonyl (C=O) groups is 2. The fourth-order valence-electron chi connectivity index (χ4n) is 1.88. The Morgan fingerprint density at radius 2 is 1.79 bits per heavy atom. The second-order valence-electron chi connectivity index (χ2n) is 4.89. The highest BCUT2D eigenvalue weighted by atomic mass is 35.5. The molecule has 2 rings (SSSR count). The van der Waals surface area contributed by atoms with Crippen LogP contribution in [0.5, 0.6) is 0 Å². The van der Waals surface area contributed by atoms with Gasteiger partial charge >= 0.3 is 5.97 Å². The van der Waals surface area contributed by atoms with Gasteiger partial charge in [0.25, 0.3) is 5.91 Å². The van der Waals surface area contributed by atoms with Gasteiger partial charge in [-0.25, -0.2) is 4.79 Å². The fourth-order valence-corrected chi connectivity index (χ4v) is 2.57. The Bertz CT molecular complexity index is 840. The molecule has 124 valence electrons. The number of benzene rings is 2. The minimum absolute atomic E-state index is 0.0268. The molecule has 0 fully saturated rings. The summed E-state index contributed by atoms with van der Waals surface area (Å²) >= 11 is 17.1. The van der Waals surface area contributed by atoms with Gasteiger partial charge in [0.2, 0.25) is 0 Å². The Balaban J connectivity index is 2.12. The minimum atomic E-state index is -1.10. The number of nitrogens with one attached hydrogen (secondary N) is 2. The Kier molecular flexibility index (Phi) is 5.77. The molecule has 0 aromatic heterocycles. The number of carbonyl (C=O) groups excluding carboxylic acids is 1. The molecule has 3 N–H and O–H groups in total. The number of aromatic carboxylic acids is 1. The van der Waals surface area contributed by atoms with E-state index in [1.807, 2.05) is 6.92 Å². The molecule has 24 heavy (non-hydrogen) atoms. The van der Waals surface area contributed by atoms with Crippen molar-refractivity contribution >= 4 is 58.1 Å². The number of thiocarbonyl (C=S) groups is 1. The van der Waals surface area contributed by atoms with Gasteiger partial charge in [-0.1, -0.05) is 29.3 Å². The Morgan fingerprint density at radius 3 is 2.42 bits per heavy atom. The summed E-state index contributed by atoms with van der Waals surface area (Å²) in [6, 6.07) is 9.12. The smallest absolute Gasteiger partial charge is 0.335 e. The summed E-state index contributed by atoms with van der Waals surface area (Å²) in [5.74, 6) is -1.58. The van der Waals surface area contributed by atoms with Gasteiger partial charge in [-0.3, -0.25) is 10.1 Å². The molecule has 8 heteroatoms. The van der Waals surface area contributed by atoms with Crippen molar-refractivity contribution in [2.24, 2.45) is 0 Å². The first-order chi connectivity index (χ1) is 11.3. The Labute approximate surface area is 153 Å². The summed E-state index contributed by atoms with van der Waals surface area (Å²) in [6.07, 6.45) is 0. The standard InChI is InChI=1S/C16H12Cl2N2O3S/c1-8-2-4-10(12(18)6-8)14(21)20-16(24)19-13-7-9(15(22)23)3-5-11(13)17/h2-7H,1H3,(H,22,23)(H2,19,20,21,24). The van der Waals surface area contributed by atoms with E-state index in [4.69, 9.17) is 40.5 Å². The van der Waals surface area contributed by atoms with E-state index in [2.05, 4.69) is 10.6 Å². The van der Waals surface area contributed by atoms with Crippen LogP contribution in [0, 0.1) is 6.92 Å². The van der Waals surface area contributed by atoms with E-state index in [0.717, 1.165) is 5.56 Å². The van der Waals surface area contributed by atoms with Crippen LogP contribution in [0.2, 0.25) is 10.0 Å². The van der Waals surface area contributed by atoms with Crippen LogP contribution in [0.3, 0.4) is 0 Å². The van der Waals surface area contributed by atoms with E-state index in [1.165, 1.54) is 18.2 Å². The van der Waals surface area contributed by atoms with Crippen LogP contribution in [0.1, 0.15) is 26.3 Å². The van der Waals surface area contributed by atoms with Gasteiger partial charge in [-0.15, -0.1) is 0 Å². The third-order valence-corrected chi connectivity index (χ3v) is 3.90. The van der Waals surface area contributed by atoms with Crippen LogP contribution in [0.15, 0.2) is 36.4 Å². The third kappa shape index (κ3) is 4.44. The molecule has 5 nitrogen and oxygen atoms in total. The van der Waals surface area contributed by atoms with Gasteiger partial charge in [0.05, 0.1) is 26.9 Å². The number of hydrogen-bond acceptors (Lipinski definition) is 3. The fraction of sp³-hybridized carbons (Fsp3) is 0.0625. The molecule has 0 aliphatic carbocycles. The number of halogens is 2. The molecule has 0 atom stereocenters. The number of rotatable bonds is 3. The molecule has 2 aromatic rings. The first kappa shape index (κ1) is 18.2. The predicted molar refractivity (Wildman–Crippen MR) is 98.3 cm³/mol. The summed E-state index contributed by atoms with van der Waals surface area (Å²) in [5, 5.41) is 14.7. The van der Waals surface area contributed by atoms with Gasteiger partial charge in [-0.2, -0.15) is 0 Å². The number of aryl methyl sites for hydroxylation is 1. The summed E-state index contributed by atoms with van der Waals surface area (Å²) in [6.45, 7) is 1.86. The molecule has 0 aliphatic rings. The van der Waals surface area contributed by atoms with Crippen molar-refractivity contribution in [3.63, 3.8) is 0 Å². The van der Waals surface area contributed by atoms with Crippen molar-refractivity contribution in [1.82, 2.24) is 5.32 Å². The average molecular weight is 383 g/mol. The monoisotopic (exact) mass is 382 g/mol. The molecule has 0 aliphatic heterocycles. The number of carboxylic acids is 1. The highest BCUT2D eigenvalue weighted by molar-refractivity contribution is 7.80. The normalized spacial score (nSPS) is 10.1. The summed E-state index contributed by atoms with van der Waals surface area (Å²) < 4.78 is 0. The highest BCUT2D eigenvalue weighted by Crippen LogP contribution is 2.23. The van der Waals surface area contributed by atoms with E-state index in [1.54, 1.807) is 18.2 Å². The molecule has 0 heterocycles. The number of carboxylic acid groups (broad SMARTS) is 1. The zero-order valence-corrected chi connectivity index (χ0v) is 14.7. The molecule has 2 aromatic carbocycles. The highest BCUT2D eigenvalue weighted by Gasteiger charge is 2.13. The summed E-state index contributed by atoms with van der Waals surface area (Å²) in [7, 11) is 0. The van der Waals surface area contributed by atoms with E-state index in [9.17, 15) is 9.59 Å². The van der Waals surface area contributed by atoms with Crippen LogP contribution in [-0.4, -0.2) is 22.1 Å². The molecule has 0 saturated carbocycles. The molecule has 0 radical (unpaired) electrons. The molecule has 0 bridgehead atoms. The molecule has 1 amide bonds. The lowest BCUT2D eigenvalue weighted by molar-refractivity contribution is 0.0696. The van der Waals surface area contributed by atoms with Crippen LogP contribution < -0.4 is 10.6 Å². The van der Waals surface area contributed by atoms with E-state index < -0.39 is 11.9 Å².